The van der Waals surface area contributed by atoms with Gasteiger partial charge in [0.2, 0.25) is 5.91 Å². The second-order valence-corrected chi connectivity index (χ2v) is 7.01. The number of benzene rings is 1. The number of anilines is 1. The van der Waals surface area contributed by atoms with Crippen LogP contribution in [0.15, 0.2) is 23.1 Å². The lowest BCUT2D eigenvalue weighted by atomic mass is 10.0. The Balaban J connectivity index is 0.00000220. The molecule has 21 heavy (non-hydrogen) atoms. The van der Waals surface area contributed by atoms with Crippen molar-refractivity contribution in [3.8, 4) is 0 Å². The first kappa shape index (κ1) is 18.3. The standard InChI is InChI=1S/C16H24N2OS.ClH/c1-11-10-14(20-13-6-4-3-5-7-13)8-9-15(11)18-16(19)12(2)17;/h8-10,12-13H,3-7,17H2,1-2H3,(H,18,19);1H/t12-;/m1./s1. The highest BCUT2D eigenvalue weighted by atomic mass is 35.5. The fourth-order valence-electron chi connectivity index (χ4n) is 2.47. The van der Waals surface area contributed by atoms with Crippen molar-refractivity contribution in [3.63, 3.8) is 0 Å². The number of carbonyl (C=O) groups excluding carboxylic acids is 1. The van der Waals surface area contributed by atoms with Gasteiger partial charge in [-0.2, -0.15) is 0 Å². The molecule has 0 radical (unpaired) electrons. The van der Waals surface area contributed by atoms with Crippen LogP contribution in [0.3, 0.4) is 0 Å². The Morgan fingerprint density at radius 2 is 2.00 bits per heavy atom. The fraction of sp³-hybridized carbons (Fsp3) is 0.562. The van der Waals surface area contributed by atoms with Crippen LogP contribution in [0.25, 0.3) is 0 Å². The van der Waals surface area contributed by atoms with E-state index < -0.39 is 6.04 Å². The lowest BCUT2D eigenvalue weighted by Gasteiger charge is -2.21. The third-order valence-corrected chi connectivity index (χ3v) is 5.06. The van der Waals surface area contributed by atoms with E-state index in [-0.39, 0.29) is 18.3 Å². The molecule has 2 rings (SSSR count). The van der Waals surface area contributed by atoms with Crippen LogP contribution < -0.4 is 11.1 Å². The maximum Gasteiger partial charge on any atom is 0.241 e. The Kier molecular flexibility index (Phi) is 7.57. The molecular weight excluding hydrogens is 304 g/mol. The second-order valence-electron chi connectivity index (χ2n) is 5.63. The fourth-order valence-corrected chi connectivity index (χ4v) is 3.82. The minimum absolute atomic E-state index is 0. The molecule has 3 nitrogen and oxygen atoms in total. The third-order valence-electron chi connectivity index (χ3n) is 3.72. The van der Waals surface area contributed by atoms with E-state index in [0.717, 1.165) is 16.5 Å². The first-order valence-corrected chi connectivity index (χ1v) is 8.28. The zero-order chi connectivity index (χ0) is 14.5. The van der Waals surface area contributed by atoms with Crippen molar-refractivity contribution in [1.82, 2.24) is 0 Å². The summed E-state index contributed by atoms with van der Waals surface area (Å²) < 4.78 is 0. The summed E-state index contributed by atoms with van der Waals surface area (Å²) in [5.41, 5.74) is 7.53. The molecule has 0 spiro atoms. The molecule has 0 heterocycles. The van der Waals surface area contributed by atoms with Crippen molar-refractivity contribution in [3.05, 3.63) is 23.8 Å². The smallest absolute Gasteiger partial charge is 0.241 e. The summed E-state index contributed by atoms with van der Waals surface area (Å²) in [6.45, 7) is 3.72. The Morgan fingerprint density at radius 3 is 2.57 bits per heavy atom. The maximum absolute atomic E-state index is 11.6. The van der Waals surface area contributed by atoms with Crippen LogP contribution in [0.5, 0.6) is 0 Å². The van der Waals surface area contributed by atoms with Crippen molar-refractivity contribution >= 4 is 35.8 Å². The molecule has 1 saturated carbocycles. The molecule has 1 amide bonds. The van der Waals surface area contributed by atoms with Gasteiger partial charge in [-0.15, -0.1) is 24.2 Å². The third kappa shape index (κ3) is 5.53. The predicted molar refractivity (Wildman–Crippen MR) is 93.4 cm³/mol. The molecule has 3 N–H and O–H groups in total. The Morgan fingerprint density at radius 1 is 1.33 bits per heavy atom. The molecule has 0 aliphatic heterocycles. The van der Waals surface area contributed by atoms with Gasteiger partial charge in [0.1, 0.15) is 0 Å². The number of rotatable bonds is 4. The quantitative estimate of drug-likeness (QED) is 0.873. The lowest BCUT2D eigenvalue weighted by Crippen LogP contribution is -2.32. The zero-order valence-electron chi connectivity index (χ0n) is 12.7. The van der Waals surface area contributed by atoms with Crippen LogP contribution in [0.4, 0.5) is 5.69 Å². The number of nitrogens with one attached hydrogen (secondary N) is 1. The van der Waals surface area contributed by atoms with Crippen LogP contribution in [0, 0.1) is 6.92 Å². The lowest BCUT2D eigenvalue weighted by molar-refractivity contribution is -0.117. The van der Waals surface area contributed by atoms with E-state index in [1.165, 1.54) is 37.0 Å². The summed E-state index contributed by atoms with van der Waals surface area (Å²) in [5.74, 6) is -0.138. The molecule has 1 aromatic rings. The summed E-state index contributed by atoms with van der Waals surface area (Å²) in [6.07, 6.45) is 6.76. The predicted octanol–water partition coefficient (Wildman–Crippen LogP) is 4.13. The summed E-state index contributed by atoms with van der Waals surface area (Å²) in [7, 11) is 0. The van der Waals surface area contributed by atoms with E-state index in [9.17, 15) is 4.79 Å². The SMILES string of the molecule is Cc1cc(SC2CCCCC2)ccc1NC(=O)[C@@H](C)N.Cl. The van der Waals surface area contributed by atoms with Gasteiger partial charge in [0, 0.05) is 15.8 Å². The number of hydrogen-bond donors (Lipinski definition) is 2. The van der Waals surface area contributed by atoms with Crippen LogP contribution in [-0.2, 0) is 4.79 Å². The summed E-state index contributed by atoms with van der Waals surface area (Å²) in [5, 5.41) is 3.62. The number of aryl methyl sites for hydroxylation is 1. The first-order valence-electron chi connectivity index (χ1n) is 7.40. The van der Waals surface area contributed by atoms with Crippen molar-refractivity contribution < 1.29 is 4.79 Å². The molecule has 1 aromatic carbocycles. The first-order chi connectivity index (χ1) is 9.56. The molecule has 0 saturated heterocycles. The van der Waals surface area contributed by atoms with Gasteiger partial charge in [-0.05, 0) is 50.5 Å². The maximum atomic E-state index is 11.6. The van der Waals surface area contributed by atoms with Crippen molar-refractivity contribution in [1.29, 1.82) is 0 Å². The van der Waals surface area contributed by atoms with E-state index in [0.29, 0.717) is 0 Å². The van der Waals surface area contributed by atoms with Gasteiger partial charge in [0.05, 0.1) is 6.04 Å². The number of thioether (sulfide) groups is 1. The van der Waals surface area contributed by atoms with Gasteiger partial charge in [0.25, 0.3) is 0 Å². The number of amides is 1. The summed E-state index contributed by atoms with van der Waals surface area (Å²) >= 11 is 1.98. The molecule has 1 aliphatic carbocycles. The molecule has 5 heteroatoms. The monoisotopic (exact) mass is 328 g/mol. The Bertz CT molecular complexity index is 473. The molecule has 0 unspecified atom stereocenters. The molecule has 1 fully saturated rings. The topological polar surface area (TPSA) is 55.1 Å². The van der Waals surface area contributed by atoms with Gasteiger partial charge in [-0.1, -0.05) is 19.3 Å². The molecule has 0 aromatic heterocycles. The van der Waals surface area contributed by atoms with Crippen LogP contribution in [0.2, 0.25) is 0 Å². The summed E-state index contributed by atoms with van der Waals surface area (Å²) in [4.78, 5) is 12.9. The van der Waals surface area contributed by atoms with Gasteiger partial charge < -0.3 is 11.1 Å². The normalized spacial score (nSPS) is 16.9. The Labute approximate surface area is 137 Å². The number of hydrogen-bond acceptors (Lipinski definition) is 3. The average Bonchev–Trinajstić information content (AvgIpc) is 2.42. The molecule has 0 bridgehead atoms. The van der Waals surface area contributed by atoms with Crippen molar-refractivity contribution in [2.75, 3.05) is 5.32 Å². The minimum atomic E-state index is -0.481. The van der Waals surface area contributed by atoms with Crippen molar-refractivity contribution in [2.24, 2.45) is 5.73 Å². The van der Waals surface area contributed by atoms with Gasteiger partial charge in [-0.3, -0.25) is 4.79 Å². The highest BCUT2D eigenvalue weighted by Gasteiger charge is 2.15. The molecular formula is C16H25ClN2OS. The molecule has 1 aliphatic rings. The summed E-state index contributed by atoms with van der Waals surface area (Å²) in [6, 6.07) is 5.77. The molecule has 1 atom stereocenters. The highest BCUT2D eigenvalue weighted by Crippen LogP contribution is 2.34. The average molecular weight is 329 g/mol. The van der Waals surface area contributed by atoms with E-state index in [1.807, 2.05) is 24.8 Å². The second kappa shape index (κ2) is 8.66. The van der Waals surface area contributed by atoms with E-state index in [2.05, 4.69) is 17.4 Å². The highest BCUT2D eigenvalue weighted by molar-refractivity contribution is 8.00. The van der Waals surface area contributed by atoms with Crippen LogP contribution in [0.1, 0.15) is 44.6 Å². The Hall–Kier alpha value is -0.710. The van der Waals surface area contributed by atoms with Crippen molar-refractivity contribution in [2.45, 2.75) is 62.1 Å². The van der Waals surface area contributed by atoms with Gasteiger partial charge in [0.15, 0.2) is 0 Å². The molecule has 118 valence electrons. The zero-order valence-corrected chi connectivity index (χ0v) is 14.4. The largest absolute Gasteiger partial charge is 0.325 e. The van der Waals surface area contributed by atoms with Gasteiger partial charge in [-0.25, -0.2) is 0 Å². The number of nitrogens with two attached hydrogens (primary N) is 1. The van der Waals surface area contributed by atoms with E-state index >= 15 is 0 Å². The van der Waals surface area contributed by atoms with Crippen LogP contribution in [-0.4, -0.2) is 17.2 Å². The van der Waals surface area contributed by atoms with Crippen LogP contribution >= 0.6 is 24.2 Å². The van der Waals surface area contributed by atoms with Gasteiger partial charge >= 0.3 is 0 Å². The number of halogens is 1. The minimum Gasteiger partial charge on any atom is -0.325 e. The van der Waals surface area contributed by atoms with E-state index in [1.54, 1.807) is 6.92 Å². The van der Waals surface area contributed by atoms with E-state index in [4.69, 9.17) is 5.73 Å². The number of carbonyl (C=O) groups is 1.